The maximum absolute atomic E-state index is 13.6. The number of carbonyl (C=O) groups excluding carboxylic acids is 1. The highest BCUT2D eigenvalue weighted by Crippen LogP contribution is 2.29. The molecule has 3 heterocycles. The number of amides is 1. The van der Waals surface area contributed by atoms with Gasteiger partial charge in [0.1, 0.15) is 5.82 Å². The minimum absolute atomic E-state index is 0.0455. The number of aromatic nitrogens is 2. The number of hydrogen-bond donors (Lipinski definition) is 0. The first-order chi connectivity index (χ1) is 12.7. The van der Waals surface area contributed by atoms with Crippen molar-refractivity contribution in [1.29, 1.82) is 0 Å². The first kappa shape index (κ1) is 19.9. The maximum Gasteiger partial charge on any atom is 0.291 e. The molecule has 0 bridgehead atoms. The van der Waals surface area contributed by atoms with Crippen LogP contribution in [0.25, 0.3) is 0 Å². The number of halogens is 2. The average Bonchev–Trinajstić information content (AvgIpc) is 3.02. The van der Waals surface area contributed by atoms with E-state index in [9.17, 15) is 13.6 Å². The van der Waals surface area contributed by atoms with E-state index in [-0.39, 0.29) is 31.1 Å². The Morgan fingerprint density at radius 1 is 1.15 bits per heavy atom. The van der Waals surface area contributed by atoms with E-state index in [0.717, 1.165) is 36.6 Å². The topological polar surface area (TPSA) is 52.6 Å². The molecule has 8 heteroatoms. The number of alkyl halides is 2. The number of carbonyl (C=O) groups is 1. The molecule has 0 aromatic carbocycles. The Kier molecular flexibility index (Phi) is 5.65. The lowest BCUT2D eigenvalue weighted by molar-refractivity contribution is -0.0126. The highest BCUT2D eigenvalue weighted by Gasteiger charge is 2.34. The smallest absolute Gasteiger partial charge is 0.291 e. The molecule has 0 spiro atoms. The van der Waals surface area contributed by atoms with Gasteiger partial charge >= 0.3 is 0 Å². The van der Waals surface area contributed by atoms with Crippen LogP contribution in [0.3, 0.4) is 0 Å². The lowest BCUT2D eigenvalue weighted by Gasteiger charge is -2.24. The van der Waals surface area contributed by atoms with Gasteiger partial charge in [-0.15, -0.1) is 0 Å². The number of aryl methyl sites for hydroxylation is 1. The van der Waals surface area contributed by atoms with Gasteiger partial charge in [-0.25, -0.2) is 18.7 Å². The summed E-state index contributed by atoms with van der Waals surface area (Å²) in [6, 6.07) is 0.451. The molecule has 0 aliphatic carbocycles. The molecule has 27 heavy (non-hydrogen) atoms. The van der Waals surface area contributed by atoms with E-state index in [1.807, 2.05) is 13.8 Å². The van der Waals surface area contributed by atoms with Crippen molar-refractivity contribution in [2.75, 3.05) is 45.2 Å². The Morgan fingerprint density at radius 3 is 2.56 bits per heavy atom. The van der Waals surface area contributed by atoms with Gasteiger partial charge in [0.25, 0.3) is 5.91 Å². The van der Waals surface area contributed by atoms with Gasteiger partial charge in [0.15, 0.2) is 0 Å². The van der Waals surface area contributed by atoms with Crippen LogP contribution in [0, 0.1) is 13.8 Å². The van der Waals surface area contributed by atoms with Crippen molar-refractivity contribution in [2.45, 2.75) is 51.5 Å². The van der Waals surface area contributed by atoms with Crippen molar-refractivity contribution < 1.29 is 13.6 Å². The third-order valence-corrected chi connectivity index (χ3v) is 5.75. The summed E-state index contributed by atoms with van der Waals surface area (Å²) in [4.78, 5) is 27.7. The molecule has 2 fully saturated rings. The molecule has 6 nitrogen and oxygen atoms in total. The van der Waals surface area contributed by atoms with Gasteiger partial charge < -0.3 is 14.7 Å². The lowest BCUT2D eigenvalue weighted by atomic mass is 10.1. The van der Waals surface area contributed by atoms with Crippen LogP contribution in [0.5, 0.6) is 0 Å². The molecule has 0 unspecified atom stereocenters. The second kappa shape index (κ2) is 7.66. The molecule has 150 valence electrons. The summed E-state index contributed by atoms with van der Waals surface area (Å²) in [7, 11) is 4.13. The van der Waals surface area contributed by atoms with E-state index in [0.29, 0.717) is 19.0 Å². The van der Waals surface area contributed by atoms with Gasteiger partial charge in [0.2, 0.25) is 11.7 Å². The molecule has 1 aromatic heterocycles. The fraction of sp³-hybridized carbons (Fsp3) is 0.737. The predicted octanol–water partition coefficient (Wildman–Crippen LogP) is 2.50. The predicted molar refractivity (Wildman–Crippen MR) is 101 cm³/mol. The van der Waals surface area contributed by atoms with Gasteiger partial charge in [-0.3, -0.25) is 4.79 Å². The summed E-state index contributed by atoms with van der Waals surface area (Å²) in [6.07, 6.45) is 0.871. The van der Waals surface area contributed by atoms with E-state index in [4.69, 9.17) is 0 Å². The molecular formula is C19H29F2N5O. The van der Waals surface area contributed by atoms with Crippen LogP contribution in [-0.2, 0) is 0 Å². The molecule has 1 amide bonds. The van der Waals surface area contributed by atoms with Crippen LogP contribution in [0.1, 0.15) is 47.6 Å². The maximum atomic E-state index is 13.6. The molecule has 1 aromatic rings. The Labute approximate surface area is 159 Å². The fourth-order valence-corrected chi connectivity index (χ4v) is 3.78. The Hall–Kier alpha value is -1.83. The molecular weight excluding hydrogens is 352 g/mol. The second-order valence-corrected chi connectivity index (χ2v) is 7.94. The Bertz CT molecular complexity index is 710. The van der Waals surface area contributed by atoms with E-state index >= 15 is 0 Å². The van der Waals surface area contributed by atoms with Gasteiger partial charge in [-0.1, -0.05) is 0 Å². The number of hydrogen-bond acceptors (Lipinski definition) is 5. The number of likely N-dealkylation sites (tertiary alicyclic amines) is 1. The van der Waals surface area contributed by atoms with Gasteiger partial charge in [-0.05, 0) is 40.8 Å². The van der Waals surface area contributed by atoms with Crippen LogP contribution in [0.4, 0.5) is 14.6 Å². The van der Waals surface area contributed by atoms with Gasteiger partial charge in [0.05, 0.1) is 0 Å². The highest BCUT2D eigenvalue weighted by molar-refractivity contribution is 5.91. The SMILES string of the molecule is Cc1nc(C(=O)N2CCCC(F)(F)CC2)nc(N2CC[C@@H](N(C)C)C2)c1C. The molecule has 2 saturated heterocycles. The number of nitrogens with zero attached hydrogens (tertiary/aromatic N) is 5. The van der Waals surface area contributed by atoms with Crippen LogP contribution in [0.2, 0.25) is 0 Å². The van der Waals surface area contributed by atoms with Crippen LogP contribution in [-0.4, -0.2) is 77.9 Å². The summed E-state index contributed by atoms with van der Waals surface area (Å²) < 4.78 is 27.2. The Balaban J connectivity index is 1.82. The van der Waals surface area contributed by atoms with Crippen LogP contribution in [0.15, 0.2) is 0 Å². The minimum atomic E-state index is -2.69. The number of rotatable bonds is 3. The van der Waals surface area contributed by atoms with Crippen molar-refractivity contribution in [3.8, 4) is 0 Å². The lowest BCUT2D eigenvalue weighted by Crippen LogP contribution is -2.35. The van der Waals surface area contributed by atoms with E-state index < -0.39 is 5.92 Å². The number of anilines is 1. The molecule has 0 N–H and O–H groups in total. The monoisotopic (exact) mass is 381 g/mol. The molecule has 3 rings (SSSR count). The molecule has 1 atom stereocenters. The third-order valence-electron chi connectivity index (χ3n) is 5.75. The fourth-order valence-electron chi connectivity index (χ4n) is 3.78. The summed E-state index contributed by atoms with van der Waals surface area (Å²) in [6.45, 7) is 5.94. The summed E-state index contributed by atoms with van der Waals surface area (Å²) in [5, 5.41) is 0. The van der Waals surface area contributed by atoms with Crippen molar-refractivity contribution in [1.82, 2.24) is 19.8 Å². The van der Waals surface area contributed by atoms with E-state index in [1.54, 1.807) is 0 Å². The van der Waals surface area contributed by atoms with E-state index in [1.165, 1.54) is 4.90 Å². The van der Waals surface area contributed by atoms with Gasteiger partial charge in [0, 0.05) is 56.3 Å². The summed E-state index contributed by atoms with van der Waals surface area (Å²) >= 11 is 0. The standard InChI is InChI=1S/C19H29F2N5O/c1-13-14(2)22-16(18(27)25-9-5-7-19(20,21)8-11-25)23-17(13)26-10-6-15(12-26)24(3)4/h15H,5-12H2,1-4H3/t15-/m1/s1. The minimum Gasteiger partial charge on any atom is -0.355 e. The third kappa shape index (κ3) is 4.36. The quantitative estimate of drug-likeness (QED) is 0.805. The van der Waals surface area contributed by atoms with Crippen molar-refractivity contribution in [3.05, 3.63) is 17.1 Å². The summed E-state index contributed by atoms with van der Waals surface area (Å²) in [5.41, 5.74) is 1.73. The highest BCUT2D eigenvalue weighted by atomic mass is 19.3. The van der Waals surface area contributed by atoms with Crippen molar-refractivity contribution in [2.24, 2.45) is 0 Å². The molecule has 2 aliphatic heterocycles. The van der Waals surface area contributed by atoms with Crippen LogP contribution < -0.4 is 4.90 Å². The first-order valence-corrected chi connectivity index (χ1v) is 9.61. The van der Waals surface area contributed by atoms with Gasteiger partial charge in [-0.2, -0.15) is 0 Å². The Morgan fingerprint density at radius 2 is 1.89 bits per heavy atom. The zero-order valence-electron chi connectivity index (χ0n) is 16.6. The summed E-state index contributed by atoms with van der Waals surface area (Å²) in [5.74, 6) is -2.14. The second-order valence-electron chi connectivity index (χ2n) is 7.94. The van der Waals surface area contributed by atoms with Crippen LogP contribution >= 0.6 is 0 Å². The normalized spacial score (nSPS) is 23.0. The van der Waals surface area contributed by atoms with E-state index in [2.05, 4.69) is 33.9 Å². The molecule has 0 saturated carbocycles. The van der Waals surface area contributed by atoms with Crippen molar-refractivity contribution >= 4 is 11.7 Å². The van der Waals surface area contributed by atoms with Crippen molar-refractivity contribution in [3.63, 3.8) is 0 Å². The molecule has 0 radical (unpaired) electrons. The molecule has 2 aliphatic rings. The first-order valence-electron chi connectivity index (χ1n) is 9.61. The largest absolute Gasteiger partial charge is 0.355 e. The number of likely N-dealkylation sites (N-methyl/N-ethyl adjacent to an activating group) is 1. The average molecular weight is 381 g/mol. The zero-order valence-corrected chi connectivity index (χ0v) is 16.6. The zero-order chi connectivity index (χ0) is 19.8.